The van der Waals surface area contributed by atoms with E-state index in [1.165, 1.54) is 0 Å². The van der Waals surface area contributed by atoms with E-state index in [0.717, 1.165) is 5.56 Å². The van der Waals surface area contributed by atoms with Crippen LogP contribution in [0.1, 0.15) is 25.7 Å². The highest BCUT2D eigenvalue weighted by Gasteiger charge is 2.30. The van der Waals surface area contributed by atoms with Gasteiger partial charge in [-0.3, -0.25) is 0 Å². The quantitative estimate of drug-likeness (QED) is 0.657. The monoisotopic (exact) mass is 178 g/mol. The molecule has 2 rings (SSSR count). The second-order valence-electron chi connectivity index (χ2n) is 3.43. The lowest BCUT2D eigenvalue weighted by molar-refractivity contribution is -0.0652. The van der Waals surface area contributed by atoms with Crippen molar-refractivity contribution < 1.29 is 9.47 Å². The van der Waals surface area contributed by atoms with Crippen molar-refractivity contribution >= 4 is 0 Å². The molecule has 13 heavy (non-hydrogen) atoms. The Morgan fingerprint density at radius 1 is 0.923 bits per heavy atom. The Kier molecular flexibility index (Phi) is 2.34. The van der Waals surface area contributed by atoms with Gasteiger partial charge in [-0.15, -0.1) is 0 Å². The third kappa shape index (κ3) is 1.74. The molecule has 0 aliphatic carbocycles. The Balaban J connectivity index is 2.12. The van der Waals surface area contributed by atoms with Crippen molar-refractivity contribution in [2.45, 2.75) is 32.3 Å². The lowest BCUT2D eigenvalue weighted by atomic mass is 10.2. The lowest BCUT2D eigenvalue weighted by Gasteiger charge is -2.09. The van der Waals surface area contributed by atoms with Gasteiger partial charge in [-0.2, -0.15) is 0 Å². The van der Waals surface area contributed by atoms with Gasteiger partial charge in [0.15, 0.2) is 6.29 Å². The Bertz CT molecular complexity index is 261. The molecule has 0 N–H and O–H groups in total. The van der Waals surface area contributed by atoms with Crippen molar-refractivity contribution in [3.8, 4) is 0 Å². The van der Waals surface area contributed by atoms with Gasteiger partial charge < -0.3 is 9.47 Å². The fourth-order valence-corrected chi connectivity index (χ4v) is 1.41. The Morgan fingerprint density at radius 3 is 2.00 bits per heavy atom. The van der Waals surface area contributed by atoms with Crippen molar-refractivity contribution in [2.24, 2.45) is 0 Å². The van der Waals surface area contributed by atoms with Gasteiger partial charge in [-0.25, -0.2) is 0 Å². The molecule has 1 aromatic carbocycles. The first kappa shape index (κ1) is 8.73. The van der Waals surface area contributed by atoms with Gasteiger partial charge >= 0.3 is 0 Å². The van der Waals surface area contributed by atoms with Crippen molar-refractivity contribution in [1.82, 2.24) is 0 Å². The SMILES string of the molecule is C[C@@H]1O[C@@H](c2ccccc2)O[C@@H]1C. The van der Waals surface area contributed by atoms with Crippen LogP contribution in [0.25, 0.3) is 0 Å². The van der Waals surface area contributed by atoms with Gasteiger partial charge in [0.25, 0.3) is 0 Å². The smallest absolute Gasteiger partial charge is 0.184 e. The highest BCUT2D eigenvalue weighted by Crippen LogP contribution is 2.30. The van der Waals surface area contributed by atoms with E-state index in [2.05, 4.69) is 0 Å². The second kappa shape index (κ2) is 3.48. The summed E-state index contributed by atoms with van der Waals surface area (Å²) in [6, 6.07) is 10.0. The topological polar surface area (TPSA) is 18.5 Å². The van der Waals surface area contributed by atoms with Crippen LogP contribution in [0.2, 0.25) is 0 Å². The zero-order valence-corrected chi connectivity index (χ0v) is 7.94. The average Bonchev–Trinajstić information content (AvgIpc) is 2.49. The number of benzene rings is 1. The number of ether oxygens (including phenoxy) is 2. The molecule has 1 aliphatic heterocycles. The zero-order valence-electron chi connectivity index (χ0n) is 7.94. The summed E-state index contributed by atoms with van der Waals surface area (Å²) in [5.41, 5.74) is 1.10. The van der Waals surface area contributed by atoms with Crippen molar-refractivity contribution in [3.63, 3.8) is 0 Å². The zero-order chi connectivity index (χ0) is 9.26. The van der Waals surface area contributed by atoms with Gasteiger partial charge in [0, 0.05) is 5.56 Å². The van der Waals surface area contributed by atoms with Gasteiger partial charge in [0.1, 0.15) is 0 Å². The molecule has 0 unspecified atom stereocenters. The molecule has 70 valence electrons. The molecular weight excluding hydrogens is 164 g/mol. The van der Waals surface area contributed by atoms with E-state index in [0.29, 0.717) is 0 Å². The standard InChI is InChI=1S/C11H14O2/c1-8-9(2)13-11(12-8)10-6-4-3-5-7-10/h3-9,11H,1-2H3/t8-,9+,11+. The summed E-state index contributed by atoms with van der Waals surface area (Å²) in [5.74, 6) is 0. The summed E-state index contributed by atoms with van der Waals surface area (Å²) in [7, 11) is 0. The molecule has 0 amide bonds. The third-order valence-electron chi connectivity index (χ3n) is 2.41. The molecular formula is C11H14O2. The van der Waals surface area contributed by atoms with Crippen molar-refractivity contribution in [2.75, 3.05) is 0 Å². The van der Waals surface area contributed by atoms with E-state index in [1.54, 1.807) is 0 Å². The molecule has 0 saturated carbocycles. The molecule has 1 aromatic rings. The van der Waals surface area contributed by atoms with Gasteiger partial charge in [0.05, 0.1) is 12.2 Å². The van der Waals surface area contributed by atoms with Crippen molar-refractivity contribution in [1.29, 1.82) is 0 Å². The van der Waals surface area contributed by atoms with Crippen LogP contribution < -0.4 is 0 Å². The van der Waals surface area contributed by atoms with E-state index >= 15 is 0 Å². The maximum absolute atomic E-state index is 5.64. The molecule has 2 heteroatoms. The first-order valence-electron chi connectivity index (χ1n) is 4.63. The predicted octanol–water partition coefficient (Wildman–Crippen LogP) is 2.51. The van der Waals surface area contributed by atoms with Gasteiger partial charge in [-0.1, -0.05) is 30.3 Å². The molecule has 0 spiro atoms. The molecule has 3 atom stereocenters. The van der Waals surface area contributed by atoms with E-state index in [9.17, 15) is 0 Å². The molecule has 2 nitrogen and oxygen atoms in total. The highest BCUT2D eigenvalue weighted by molar-refractivity contribution is 5.16. The van der Waals surface area contributed by atoms with Crippen LogP contribution >= 0.6 is 0 Å². The summed E-state index contributed by atoms with van der Waals surface area (Å²) in [4.78, 5) is 0. The molecule has 1 heterocycles. The fraction of sp³-hybridized carbons (Fsp3) is 0.455. The van der Waals surface area contributed by atoms with Crippen LogP contribution in [0.5, 0.6) is 0 Å². The molecule has 0 radical (unpaired) electrons. The third-order valence-corrected chi connectivity index (χ3v) is 2.41. The molecule has 1 saturated heterocycles. The second-order valence-corrected chi connectivity index (χ2v) is 3.43. The van der Waals surface area contributed by atoms with Crippen LogP contribution in [0.3, 0.4) is 0 Å². The Morgan fingerprint density at radius 2 is 1.46 bits per heavy atom. The van der Waals surface area contributed by atoms with E-state index in [-0.39, 0.29) is 18.5 Å². The van der Waals surface area contributed by atoms with Crippen LogP contribution in [0.4, 0.5) is 0 Å². The van der Waals surface area contributed by atoms with E-state index in [4.69, 9.17) is 9.47 Å². The number of rotatable bonds is 1. The minimum atomic E-state index is -0.175. The summed E-state index contributed by atoms with van der Waals surface area (Å²) in [5, 5.41) is 0. The maximum Gasteiger partial charge on any atom is 0.184 e. The molecule has 0 bridgehead atoms. The first-order chi connectivity index (χ1) is 6.27. The minimum Gasteiger partial charge on any atom is -0.343 e. The van der Waals surface area contributed by atoms with Crippen LogP contribution in [0.15, 0.2) is 30.3 Å². The largest absolute Gasteiger partial charge is 0.343 e. The summed E-state index contributed by atoms with van der Waals surface area (Å²) >= 11 is 0. The van der Waals surface area contributed by atoms with Gasteiger partial charge in [0.2, 0.25) is 0 Å². The summed E-state index contributed by atoms with van der Waals surface area (Å²) in [6.45, 7) is 4.07. The molecule has 1 fully saturated rings. The Labute approximate surface area is 78.5 Å². The predicted molar refractivity (Wildman–Crippen MR) is 50.3 cm³/mol. The fourth-order valence-electron chi connectivity index (χ4n) is 1.41. The highest BCUT2D eigenvalue weighted by atomic mass is 16.7. The normalized spacial score (nSPS) is 33.5. The maximum atomic E-state index is 5.64. The number of hydrogen-bond acceptors (Lipinski definition) is 2. The van der Waals surface area contributed by atoms with Crippen molar-refractivity contribution in [3.05, 3.63) is 35.9 Å². The summed E-state index contributed by atoms with van der Waals surface area (Å²) in [6.07, 6.45) is 0.196. The van der Waals surface area contributed by atoms with Crippen LogP contribution in [-0.2, 0) is 9.47 Å². The first-order valence-corrected chi connectivity index (χ1v) is 4.63. The van der Waals surface area contributed by atoms with E-state index < -0.39 is 0 Å². The lowest BCUT2D eigenvalue weighted by Crippen LogP contribution is -2.13. The molecule has 1 aliphatic rings. The minimum absolute atomic E-state index is 0.175. The summed E-state index contributed by atoms with van der Waals surface area (Å²) < 4.78 is 11.3. The van der Waals surface area contributed by atoms with E-state index in [1.807, 2.05) is 44.2 Å². The van der Waals surface area contributed by atoms with Crippen LogP contribution in [0, 0.1) is 0 Å². The van der Waals surface area contributed by atoms with Crippen LogP contribution in [-0.4, -0.2) is 12.2 Å². The van der Waals surface area contributed by atoms with Gasteiger partial charge in [-0.05, 0) is 13.8 Å². The average molecular weight is 178 g/mol. The number of hydrogen-bond donors (Lipinski definition) is 0. The Hall–Kier alpha value is -0.860. The molecule has 0 aromatic heterocycles.